The lowest BCUT2D eigenvalue weighted by Gasteiger charge is -2.37. The maximum Gasteiger partial charge on any atom is 0.267 e. The molecule has 1 aromatic heterocycles. The van der Waals surface area contributed by atoms with Crippen molar-refractivity contribution in [2.75, 3.05) is 43.9 Å². The van der Waals surface area contributed by atoms with Crippen molar-refractivity contribution in [3.63, 3.8) is 0 Å². The molecule has 1 aromatic carbocycles. The molecule has 0 aliphatic carbocycles. The highest BCUT2D eigenvalue weighted by Gasteiger charge is 2.33. The van der Waals surface area contributed by atoms with Gasteiger partial charge in [0.05, 0.1) is 5.75 Å². The fourth-order valence-corrected chi connectivity index (χ4v) is 5.24. The van der Waals surface area contributed by atoms with Crippen molar-refractivity contribution in [1.29, 1.82) is 0 Å². The average molecular weight is 478 g/mol. The zero-order valence-electron chi connectivity index (χ0n) is 18.4. The van der Waals surface area contributed by atoms with Gasteiger partial charge in [0.2, 0.25) is 17.1 Å². The van der Waals surface area contributed by atoms with Gasteiger partial charge in [-0.15, -0.1) is 10.2 Å². The first-order valence-corrected chi connectivity index (χ1v) is 12.3. The number of rotatable bonds is 5. The van der Waals surface area contributed by atoms with Crippen LogP contribution >= 0.6 is 23.1 Å². The molecule has 0 bridgehead atoms. The molecule has 3 heterocycles. The molecule has 2 amide bonds. The highest BCUT2D eigenvalue weighted by molar-refractivity contribution is 8.01. The molecule has 1 atom stereocenters. The third kappa shape index (κ3) is 5.63. The molecule has 172 valence electrons. The summed E-state index contributed by atoms with van der Waals surface area (Å²) >= 11 is 2.83. The Morgan fingerprint density at radius 1 is 1.12 bits per heavy atom. The molecule has 1 fully saturated rings. The summed E-state index contributed by atoms with van der Waals surface area (Å²) in [5.74, 6) is 1.47. The minimum absolute atomic E-state index is 0.0359. The van der Waals surface area contributed by atoms with Crippen LogP contribution in [0, 0.1) is 0 Å². The van der Waals surface area contributed by atoms with E-state index < -0.39 is 6.10 Å². The van der Waals surface area contributed by atoms with Crippen molar-refractivity contribution in [1.82, 2.24) is 20.0 Å². The number of nitrogens with zero attached hydrogens (tertiary/aromatic N) is 4. The number of fused-ring (bicyclic) bond motifs is 1. The molecule has 1 unspecified atom stereocenters. The molecule has 9 nitrogen and oxygen atoms in total. The Bertz CT molecular complexity index is 969. The number of para-hydroxylation sites is 2. The molecular weight excluding hydrogens is 450 g/mol. The van der Waals surface area contributed by atoms with Crippen molar-refractivity contribution in [2.45, 2.75) is 36.8 Å². The Morgan fingerprint density at radius 3 is 2.53 bits per heavy atom. The maximum atomic E-state index is 12.8. The smallest absolute Gasteiger partial charge is 0.267 e. The van der Waals surface area contributed by atoms with E-state index in [1.54, 1.807) is 15.9 Å². The largest absolute Gasteiger partial charge is 0.485 e. The number of carbonyl (C=O) groups is 2. The second kappa shape index (κ2) is 9.53. The molecule has 32 heavy (non-hydrogen) atoms. The topological polar surface area (TPSA) is 96.9 Å². The van der Waals surface area contributed by atoms with Crippen molar-refractivity contribution in [3.8, 4) is 11.5 Å². The molecule has 11 heteroatoms. The predicted molar refractivity (Wildman–Crippen MR) is 124 cm³/mol. The lowest BCUT2D eigenvalue weighted by Crippen LogP contribution is -2.55. The van der Waals surface area contributed by atoms with Gasteiger partial charge in [-0.25, -0.2) is 0 Å². The molecule has 2 aliphatic rings. The van der Waals surface area contributed by atoms with Crippen LogP contribution in [-0.2, 0) is 9.59 Å². The number of carbonyl (C=O) groups excluding carboxylic acids is 2. The number of hydrogen-bond acceptors (Lipinski definition) is 9. The van der Waals surface area contributed by atoms with E-state index in [2.05, 4.69) is 36.3 Å². The van der Waals surface area contributed by atoms with Crippen molar-refractivity contribution >= 4 is 40.0 Å². The van der Waals surface area contributed by atoms with Gasteiger partial charge in [0.1, 0.15) is 6.61 Å². The van der Waals surface area contributed by atoms with E-state index in [9.17, 15) is 9.59 Å². The molecule has 0 spiro atoms. The van der Waals surface area contributed by atoms with Gasteiger partial charge in [-0.05, 0) is 32.9 Å². The lowest BCUT2D eigenvalue weighted by atomic mass is 10.1. The fraction of sp³-hybridized carbons (Fsp3) is 0.524. The summed E-state index contributed by atoms with van der Waals surface area (Å²) in [6.45, 7) is 8.33. The van der Waals surface area contributed by atoms with Crippen LogP contribution < -0.4 is 14.8 Å². The maximum absolute atomic E-state index is 12.8. The number of amides is 2. The van der Waals surface area contributed by atoms with Crippen LogP contribution in [0.4, 0.5) is 5.13 Å². The van der Waals surface area contributed by atoms with E-state index >= 15 is 0 Å². The summed E-state index contributed by atoms with van der Waals surface area (Å²) < 4.78 is 12.2. The molecule has 1 N–H and O–H groups in total. The first kappa shape index (κ1) is 22.7. The second-order valence-corrected chi connectivity index (χ2v) is 10.8. The molecular formula is C21H27N5O4S2. The lowest BCUT2D eigenvalue weighted by molar-refractivity contribution is -0.145. The third-order valence-corrected chi connectivity index (χ3v) is 6.89. The first-order valence-electron chi connectivity index (χ1n) is 10.5. The Balaban J connectivity index is 1.22. The number of aromatic nitrogens is 2. The Morgan fingerprint density at radius 2 is 1.81 bits per heavy atom. The number of hydrogen-bond donors (Lipinski definition) is 1. The van der Waals surface area contributed by atoms with Crippen molar-refractivity contribution < 1.29 is 19.1 Å². The normalized spacial score (nSPS) is 18.4. The number of ether oxygens (including phenoxy) is 2. The summed E-state index contributed by atoms with van der Waals surface area (Å²) in [6, 6.07) is 7.33. The number of benzene rings is 1. The number of thioether (sulfide) groups is 1. The number of nitrogens with one attached hydrogen (secondary N) is 1. The van der Waals surface area contributed by atoms with Crippen molar-refractivity contribution in [3.05, 3.63) is 24.3 Å². The van der Waals surface area contributed by atoms with Gasteiger partial charge in [-0.2, -0.15) is 0 Å². The van der Waals surface area contributed by atoms with Gasteiger partial charge < -0.3 is 24.6 Å². The molecule has 1 saturated heterocycles. The van der Waals surface area contributed by atoms with Crippen LogP contribution in [0.25, 0.3) is 0 Å². The zero-order valence-corrected chi connectivity index (χ0v) is 20.0. The zero-order chi connectivity index (χ0) is 22.7. The van der Waals surface area contributed by atoms with Crippen LogP contribution in [0.15, 0.2) is 28.6 Å². The standard InChI is InChI=1S/C21H27N5O4S2/c1-21(2,3)22-19-23-24-20(32-19)31-13-17(27)25-8-10-26(11-9-25)18(28)16-12-29-14-6-4-5-7-15(14)30-16/h4-7,16H,8-13H2,1-3H3,(H,22,23). The monoisotopic (exact) mass is 477 g/mol. The summed E-state index contributed by atoms with van der Waals surface area (Å²) in [4.78, 5) is 29.0. The third-order valence-electron chi connectivity index (χ3n) is 4.94. The average Bonchev–Trinajstić information content (AvgIpc) is 3.22. The number of piperazine rings is 1. The molecule has 2 aliphatic heterocycles. The van der Waals surface area contributed by atoms with Gasteiger partial charge in [0.25, 0.3) is 5.91 Å². The van der Waals surface area contributed by atoms with Crippen LogP contribution in [0.1, 0.15) is 20.8 Å². The van der Waals surface area contributed by atoms with Crippen LogP contribution in [0.2, 0.25) is 0 Å². The number of anilines is 1. The molecule has 2 aromatic rings. The SMILES string of the molecule is CC(C)(C)Nc1nnc(SCC(=O)N2CCN(C(=O)C3COc4ccccc4O3)CC2)s1. The van der Waals surface area contributed by atoms with Gasteiger partial charge in [-0.3, -0.25) is 9.59 Å². The van der Waals surface area contributed by atoms with E-state index in [0.717, 1.165) is 9.47 Å². The van der Waals surface area contributed by atoms with E-state index in [1.807, 2.05) is 18.2 Å². The quantitative estimate of drug-likeness (QED) is 0.656. The minimum atomic E-state index is -0.656. The van der Waals surface area contributed by atoms with Gasteiger partial charge in [0, 0.05) is 31.7 Å². The highest BCUT2D eigenvalue weighted by atomic mass is 32.2. The van der Waals surface area contributed by atoms with Crippen LogP contribution in [-0.4, -0.2) is 82.0 Å². The van der Waals surface area contributed by atoms with Gasteiger partial charge in [0.15, 0.2) is 15.8 Å². The van der Waals surface area contributed by atoms with E-state index in [0.29, 0.717) is 43.4 Å². The van der Waals surface area contributed by atoms with Crippen LogP contribution in [0.3, 0.4) is 0 Å². The van der Waals surface area contributed by atoms with Crippen LogP contribution in [0.5, 0.6) is 11.5 Å². The highest BCUT2D eigenvalue weighted by Crippen LogP contribution is 2.31. The Kier molecular flexibility index (Phi) is 6.75. The Hall–Kier alpha value is -2.53. The van der Waals surface area contributed by atoms with E-state index in [1.165, 1.54) is 23.1 Å². The summed E-state index contributed by atoms with van der Waals surface area (Å²) in [5, 5.41) is 12.3. The van der Waals surface area contributed by atoms with Gasteiger partial charge in [-0.1, -0.05) is 35.2 Å². The van der Waals surface area contributed by atoms with E-state index in [-0.39, 0.29) is 24.0 Å². The van der Waals surface area contributed by atoms with Crippen molar-refractivity contribution in [2.24, 2.45) is 0 Å². The first-order chi connectivity index (χ1) is 15.3. The van der Waals surface area contributed by atoms with Gasteiger partial charge >= 0.3 is 0 Å². The summed E-state index contributed by atoms with van der Waals surface area (Å²) in [7, 11) is 0. The predicted octanol–water partition coefficient (Wildman–Crippen LogP) is 2.35. The second-order valence-electron chi connectivity index (χ2n) is 8.61. The molecule has 0 saturated carbocycles. The van der Waals surface area contributed by atoms with E-state index in [4.69, 9.17) is 9.47 Å². The molecule has 4 rings (SSSR count). The molecule has 0 radical (unpaired) electrons. The Labute approximate surface area is 195 Å². The fourth-order valence-electron chi connectivity index (χ4n) is 3.38. The summed E-state index contributed by atoms with van der Waals surface area (Å²) in [5.41, 5.74) is -0.0907. The minimum Gasteiger partial charge on any atom is -0.485 e. The summed E-state index contributed by atoms with van der Waals surface area (Å²) in [6.07, 6.45) is -0.656.